The number of carbonyl (C=O) groups is 3. The van der Waals surface area contributed by atoms with Gasteiger partial charge < -0.3 is 29.0 Å². The summed E-state index contributed by atoms with van der Waals surface area (Å²) in [6, 6.07) is 9.64. The molecule has 1 N–H and O–H groups in total. The van der Waals surface area contributed by atoms with Crippen molar-refractivity contribution in [2.24, 2.45) is 0 Å². The fraction of sp³-hybridized carbons (Fsp3) is 0.364. The number of ether oxygens (including phenoxy) is 5. The number of carbonyl (C=O) groups excluding carboxylic acids is 3. The van der Waals surface area contributed by atoms with Gasteiger partial charge in [-0.25, -0.2) is 9.78 Å². The lowest BCUT2D eigenvalue weighted by Gasteiger charge is -2.18. The Balaban J connectivity index is 1.94. The molecule has 0 spiro atoms. The zero-order chi connectivity index (χ0) is 23.5. The quantitative estimate of drug-likeness (QED) is 0.408. The van der Waals surface area contributed by atoms with Crippen LogP contribution in [0, 0.1) is 0 Å². The first-order valence-electron chi connectivity index (χ1n) is 9.80. The monoisotopic (exact) mass is 446 g/mol. The first kappa shape index (κ1) is 24.4. The number of para-hydroxylation sites is 1. The van der Waals surface area contributed by atoms with Gasteiger partial charge in [0.15, 0.2) is 17.2 Å². The molecule has 10 nitrogen and oxygen atoms in total. The topological polar surface area (TPSA) is 122 Å². The summed E-state index contributed by atoms with van der Waals surface area (Å²) in [5.74, 6) is -1.06. The van der Waals surface area contributed by atoms with Crippen molar-refractivity contribution in [3.63, 3.8) is 0 Å². The second kappa shape index (κ2) is 12.1. The van der Waals surface area contributed by atoms with Crippen molar-refractivity contribution >= 4 is 17.8 Å². The molecule has 32 heavy (non-hydrogen) atoms. The highest BCUT2D eigenvalue weighted by Gasteiger charge is 2.24. The van der Waals surface area contributed by atoms with Crippen LogP contribution in [0.3, 0.4) is 0 Å². The van der Waals surface area contributed by atoms with Crippen molar-refractivity contribution in [1.29, 1.82) is 0 Å². The normalized spacial score (nSPS) is 12.1. The van der Waals surface area contributed by atoms with Crippen LogP contribution in [-0.4, -0.2) is 55.5 Å². The number of aromatic nitrogens is 1. The average molecular weight is 446 g/mol. The maximum atomic E-state index is 12.7. The molecule has 1 aromatic heterocycles. The second-order valence-corrected chi connectivity index (χ2v) is 6.66. The second-order valence-electron chi connectivity index (χ2n) is 6.66. The van der Waals surface area contributed by atoms with E-state index >= 15 is 0 Å². The van der Waals surface area contributed by atoms with Gasteiger partial charge in [0, 0.05) is 19.2 Å². The van der Waals surface area contributed by atoms with Crippen LogP contribution < -0.4 is 19.5 Å². The summed E-state index contributed by atoms with van der Waals surface area (Å²) in [5.41, 5.74) is -0.142. The minimum atomic E-state index is -0.972. The Morgan fingerprint density at radius 2 is 1.78 bits per heavy atom. The van der Waals surface area contributed by atoms with E-state index in [1.54, 1.807) is 19.1 Å². The van der Waals surface area contributed by atoms with E-state index in [-0.39, 0.29) is 29.9 Å². The number of pyridine rings is 1. The molecule has 10 heteroatoms. The van der Waals surface area contributed by atoms with E-state index in [1.165, 1.54) is 33.2 Å². The molecule has 2 rings (SSSR count). The van der Waals surface area contributed by atoms with Crippen LogP contribution in [-0.2, 0) is 19.1 Å². The first-order valence-corrected chi connectivity index (χ1v) is 9.80. The van der Waals surface area contributed by atoms with Crippen molar-refractivity contribution in [2.45, 2.75) is 32.9 Å². The average Bonchev–Trinajstić information content (AvgIpc) is 2.77. The van der Waals surface area contributed by atoms with Gasteiger partial charge in [-0.2, -0.15) is 0 Å². The number of nitrogens with zero attached hydrogens (tertiary/aromatic N) is 1. The maximum absolute atomic E-state index is 12.7. The van der Waals surface area contributed by atoms with E-state index in [0.29, 0.717) is 5.75 Å². The minimum Gasteiger partial charge on any atom is -0.493 e. The number of hydrogen-bond donors (Lipinski definition) is 1. The van der Waals surface area contributed by atoms with Gasteiger partial charge in [0.05, 0.1) is 7.11 Å². The van der Waals surface area contributed by atoms with Crippen LogP contribution >= 0.6 is 0 Å². The number of methoxy groups -OCH3 is 1. The predicted octanol–water partition coefficient (Wildman–Crippen LogP) is 2.12. The van der Waals surface area contributed by atoms with Crippen molar-refractivity contribution in [3.8, 4) is 17.2 Å². The lowest BCUT2D eigenvalue weighted by molar-refractivity contribution is -0.148. The molecule has 0 saturated heterocycles. The summed E-state index contributed by atoms with van der Waals surface area (Å²) in [6.07, 6.45) is 0.962. The van der Waals surface area contributed by atoms with E-state index in [2.05, 4.69) is 10.3 Å². The summed E-state index contributed by atoms with van der Waals surface area (Å²) in [6.45, 7) is 4.02. The molecule has 0 fully saturated rings. The van der Waals surface area contributed by atoms with Gasteiger partial charge in [0.1, 0.15) is 24.5 Å². The minimum absolute atomic E-state index is 0.00208. The Kier molecular flexibility index (Phi) is 9.27. The maximum Gasteiger partial charge on any atom is 0.328 e. The molecule has 1 aromatic carbocycles. The Bertz CT molecular complexity index is 919. The van der Waals surface area contributed by atoms with Crippen molar-refractivity contribution in [2.75, 3.05) is 20.5 Å². The van der Waals surface area contributed by atoms with Crippen LogP contribution in [0.25, 0.3) is 0 Å². The highest BCUT2D eigenvalue weighted by Crippen LogP contribution is 2.29. The number of esters is 2. The molecule has 1 amide bonds. The van der Waals surface area contributed by atoms with Gasteiger partial charge in [0.2, 0.25) is 6.79 Å². The molecule has 2 aromatic rings. The molecule has 2 atom stereocenters. The Hall–Kier alpha value is -3.82. The SMILES string of the molecule is COc1ccnc(C(=O)N[C@@H](C)C(=O)OC[C@@H](C)Oc2ccccc2)c1OCOC(C)=O. The van der Waals surface area contributed by atoms with Crippen molar-refractivity contribution in [3.05, 3.63) is 48.3 Å². The summed E-state index contributed by atoms with van der Waals surface area (Å²) < 4.78 is 26.1. The molecule has 0 radical (unpaired) electrons. The molecule has 1 heterocycles. The molecule has 0 unspecified atom stereocenters. The van der Waals surface area contributed by atoms with Crippen LogP contribution in [0.4, 0.5) is 0 Å². The lowest BCUT2D eigenvalue weighted by atomic mass is 10.2. The van der Waals surface area contributed by atoms with Crippen molar-refractivity contribution < 1.29 is 38.1 Å². The smallest absolute Gasteiger partial charge is 0.328 e. The Morgan fingerprint density at radius 3 is 2.44 bits per heavy atom. The molecule has 0 bridgehead atoms. The van der Waals surface area contributed by atoms with Gasteiger partial charge in [0.25, 0.3) is 5.91 Å². The summed E-state index contributed by atoms with van der Waals surface area (Å²) in [5, 5.41) is 2.50. The molecular formula is C22H26N2O8. The Labute approximate surface area is 185 Å². The summed E-state index contributed by atoms with van der Waals surface area (Å²) in [4.78, 5) is 39.9. The molecule has 0 aliphatic rings. The number of hydrogen-bond acceptors (Lipinski definition) is 9. The van der Waals surface area contributed by atoms with Gasteiger partial charge in [-0.15, -0.1) is 0 Å². The van der Waals surface area contributed by atoms with Gasteiger partial charge in [-0.3, -0.25) is 9.59 Å². The largest absolute Gasteiger partial charge is 0.493 e. The van der Waals surface area contributed by atoms with Crippen LogP contribution in [0.5, 0.6) is 17.2 Å². The molecule has 0 saturated carbocycles. The first-order chi connectivity index (χ1) is 15.3. The van der Waals surface area contributed by atoms with E-state index in [1.807, 2.05) is 18.2 Å². The van der Waals surface area contributed by atoms with E-state index in [0.717, 1.165) is 0 Å². The van der Waals surface area contributed by atoms with Crippen LogP contribution in [0.15, 0.2) is 42.6 Å². The Morgan fingerprint density at radius 1 is 1.06 bits per heavy atom. The van der Waals surface area contributed by atoms with E-state index < -0.39 is 30.7 Å². The predicted molar refractivity (Wildman–Crippen MR) is 112 cm³/mol. The summed E-state index contributed by atoms with van der Waals surface area (Å²) >= 11 is 0. The highest BCUT2D eigenvalue weighted by atomic mass is 16.7. The van der Waals surface area contributed by atoms with E-state index in [9.17, 15) is 14.4 Å². The van der Waals surface area contributed by atoms with Gasteiger partial charge in [-0.05, 0) is 26.0 Å². The zero-order valence-corrected chi connectivity index (χ0v) is 18.3. The molecule has 172 valence electrons. The zero-order valence-electron chi connectivity index (χ0n) is 18.3. The van der Waals surface area contributed by atoms with E-state index in [4.69, 9.17) is 23.7 Å². The number of benzene rings is 1. The lowest BCUT2D eigenvalue weighted by Crippen LogP contribution is -2.41. The van der Waals surface area contributed by atoms with Gasteiger partial charge >= 0.3 is 11.9 Å². The number of rotatable bonds is 11. The third-order valence-corrected chi connectivity index (χ3v) is 4.01. The number of nitrogens with one attached hydrogen (secondary N) is 1. The van der Waals surface area contributed by atoms with Gasteiger partial charge in [-0.1, -0.05) is 18.2 Å². The molecule has 0 aliphatic carbocycles. The fourth-order valence-corrected chi connectivity index (χ4v) is 2.48. The molecular weight excluding hydrogens is 420 g/mol. The fourth-order valence-electron chi connectivity index (χ4n) is 2.48. The summed E-state index contributed by atoms with van der Waals surface area (Å²) in [7, 11) is 1.38. The van der Waals surface area contributed by atoms with Crippen molar-refractivity contribution in [1.82, 2.24) is 10.3 Å². The third kappa shape index (κ3) is 7.46. The number of amides is 1. The molecule has 0 aliphatic heterocycles. The third-order valence-electron chi connectivity index (χ3n) is 4.01. The standard InChI is InChI=1S/C22H26N2O8/c1-14(32-17-8-6-5-7-9-17)12-29-22(27)15(2)24-21(26)19-20(31-13-30-16(3)25)18(28-4)10-11-23-19/h5-11,14-15H,12-13H2,1-4H3,(H,24,26)/t14-,15+/m1/s1. The highest BCUT2D eigenvalue weighted by molar-refractivity contribution is 5.98. The van der Waals surface area contributed by atoms with Crippen LogP contribution in [0.1, 0.15) is 31.3 Å². The van der Waals surface area contributed by atoms with Crippen LogP contribution in [0.2, 0.25) is 0 Å².